The molecule has 42 heavy (non-hydrogen) atoms. The van der Waals surface area contributed by atoms with Gasteiger partial charge in [-0.1, -0.05) is 167 Å². The minimum Gasteiger partial charge on any atom is -0.481 e. The van der Waals surface area contributed by atoms with Gasteiger partial charge in [0.25, 0.3) is 0 Å². The summed E-state index contributed by atoms with van der Waals surface area (Å²) in [4.78, 5) is 22.4. The number of allylic oxidation sites excluding steroid dienone is 2. The molecule has 0 bridgehead atoms. The highest BCUT2D eigenvalue weighted by atomic mass is 16.5. The van der Waals surface area contributed by atoms with E-state index in [0.29, 0.717) is 19.4 Å². The molecule has 0 heterocycles. The Hall–Kier alpha value is -1.32. The molecule has 0 spiro atoms. The number of carbonyl (C=O) groups excluding carboxylic acids is 1. The lowest BCUT2D eigenvalue weighted by Crippen LogP contribution is -2.05. The average molecular weight is 593 g/mol. The average Bonchev–Trinajstić information content (AvgIpc) is 2.98. The Morgan fingerprint density at radius 2 is 0.786 bits per heavy atom. The van der Waals surface area contributed by atoms with Crippen LogP contribution in [0, 0.1) is 0 Å². The van der Waals surface area contributed by atoms with Crippen molar-refractivity contribution in [2.45, 2.75) is 212 Å². The first-order chi connectivity index (χ1) is 20.7. The number of carbonyl (C=O) groups is 2. The molecule has 0 fully saturated rings. The number of hydrogen-bond acceptors (Lipinski definition) is 3. The fourth-order valence-corrected chi connectivity index (χ4v) is 5.63. The first-order valence-electron chi connectivity index (χ1n) is 18.7. The van der Waals surface area contributed by atoms with Crippen LogP contribution in [0.5, 0.6) is 0 Å². The maximum absolute atomic E-state index is 11.9. The second-order valence-corrected chi connectivity index (χ2v) is 12.7. The van der Waals surface area contributed by atoms with Crippen LogP contribution in [0.3, 0.4) is 0 Å². The second-order valence-electron chi connectivity index (χ2n) is 12.7. The molecule has 1 N–H and O–H groups in total. The number of ether oxygens (including phenoxy) is 1. The van der Waals surface area contributed by atoms with Crippen molar-refractivity contribution in [3.8, 4) is 0 Å². The third-order valence-corrected chi connectivity index (χ3v) is 8.44. The number of carboxylic acids is 1. The van der Waals surface area contributed by atoms with Crippen LogP contribution >= 0.6 is 0 Å². The summed E-state index contributed by atoms with van der Waals surface area (Å²) in [5.74, 6) is -0.658. The SMILES string of the molecule is CCCCCC/C=C\CCCCCCCC(=O)OCCCCCCCCCCCCCCCCCCCCCC(=O)O. The maximum Gasteiger partial charge on any atom is 0.305 e. The summed E-state index contributed by atoms with van der Waals surface area (Å²) in [6, 6.07) is 0. The van der Waals surface area contributed by atoms with Gasteiger partial charge >= 0.3 is 11.9 Å². The van der Waals surface area contributed by atoms with Crippen LogP contribution in [-0.2, 0) is 14.3 Å². The summed E-state index contributed by atoms with van der Waals surface area (Å²) in [6.07, 6.45) is 43.7. The minimum atomic E-state index is -0.661. The molecule has 4 nitrogen and oxygen atoms in total. The monoisotopic (exact) mass is 593 g/mol. The standard InChI is InChI=1S/C38H72O4/c1-2-3-4-5-6-7-8-16-20-23-26-29-32-35-38(41)42-36-33-30-27-24-21-18-15-13-11-9-10-12-14-17-19-22-25-28-31-34-37(39)40/h7-8H,2-6,9-36H2,1H3,(H,39,40)/b8-7-. The van der Waals surface area contributed by atoms with Crippen molar-refractivity contribution in [1.29, 1.82) is 0 Å². The zero-order valence-corrected chi connectivity index (χ0v) is 28.2. The van der Waals surface area contributed by atoms with E-state index in [4.69, 9.17) is 9.84 Å². The molecular weight excluding hydrogens is 520 g/mol. The van der Waals surface area contributed by atoms with Gasteiger partial charge in [0.15, 0.2) is 0 Å². The first-order valence-corrected chi connectivity index (χ1v) is 18.7. The molecule has 0 unspecified atom stereocenters. The quantitative estimate of drug-likeness (QED) is 0.0451. The van der Waals surface area contributed by atoms with Gasteiger partial charge in [-0.05, 0) is 44.9 Å². The van der Waals surface area contributed by atoms with Gasteiger partial charge in [0.05, 0.1) is 6.61 Å². The van der Waals surface area contributed by atoms with Crippen LogP contribution in [0.4, 0.5) is 0 Å². The minimum absolute atomic E-state index is 0.00253. The highest BCUT2D eigenvalue weighted by Gasteiger charge is 2.03. The van der Waals surface area contributed by atoms with Gasteiger partial charge in [-0.3, -0.25) is 9.59 Å². The molecule has 0 radical (unpaired) electrons. The lowest BCUT2D eigenvalue weighted by Gasteiger charge is -2.06. The molecular formula is C38H72O4. The Kier molecular flexibility index (Phi) is 34.7. The molecule has 0 aliphatic carbocycles. The molecule has 0 aromatic rings. The Morgan fingerprint density at radius 1 is 0.452 bits per heavy atom. The maximum atomic E-state index is 11.9. The van der Waals surface area contributed by atoms with Gasteiger partial charge in [-0.2, -0.15) is 0 Å². The number of unbranched alkanes of at least 4 members (excludes halogenated alkanes) is 27. The van der Waals surface area contributed by atoms with Gasteiger partial charge in [0, 0.05) is 12.8 Å². The van der Waals surface area contributed by atoms with Gasteiger partial charge in [-0.25, -0.2) is 0 Å². The third-order valence-electron chi connectivity index (χ3n) is 8.44. The Morgan fingerprint density at radius 3 is 1.19 bits per heavy atom. The van der Waals surface area contributed by atoms with E-state index in [1.807, 2.05) is 0 Å². The fraction of sp³-hybridized carbons (Fsp3) is 0.895. The van der Waals surface area contributed by atoms with E-state index in [1.54, 1.807) is 0 Å². The Labute approximate surface area is 262 Å². The summed E-state index contributed by atoms with van der Waals surface area (Å²) in [5.41, 5.74) is 0. The zero-order chi connectivity index (χ0) is 30.6. The van der Waals surface area contributed by atoms with Crippen molar-refractivity contribution < 1.29 is 19.4 Å². The van der Waals surface area contributed by atoms with Crippen LogP contribution in [0.1, 0.15) is 212 Å². The topological polar surface area (TPSA) is 63.6 Å². The van der Waals surface area contributed by atoms with Crippen molar-refractivity contribution in [3.63, 3.8) is 0 Å². The summed E-state index contributed by atoms with van der Waals surface area (Å²) in [7, 11) is 0. The summed E-state index contributed by atoms with van der Waals surface area (Å²) in [6.45, 7) is 2.87. The highest BCUT2D eigenvalue weighted by Crippen LogP contribution is 2.15. The van der Waals surface area contributed by atoms with E-state index in [0.717, 1.165) is 32.1 Å². The van der Waals surface area contributed by atoms with Crippen LogP contribution in [0.25, 0.3) is 0 Å². The van der Waals surface area contributed by atoms with E-state index < -0.39 is 5.97 Å². The lowest BCUT2D eigenvalue weighted by molar-refractivity contribution is -0.144. The predicted octanol–water partition coefficient (Wildman–Crippen LogP) is 12.7. The van der Waals surface area contributed by atoms with Gasteiger partial charge in [0.2, 0.25) is 0 Å². The molecule has 0 amide bonds. The fourth-order valence-electron chi connectivity index (χ4n) is 5.63. The summed E-state index contributed by atoms with van der Waals surface area (Å²) in [5, 5.41) is 8.63. The molecule has 0 aromatic carbocycles. The molecule has 0 atom stereocenters. The lowest BCUT2D eigenvalue weighted by atomic mass is 10.0. The van der Waals surface area contributed by atoms with E-state index in [9.17, 15) is 9.59 Å². The number of carboxylic acid groups (broad SMARTS) is 1. The number of rotatable bonds is 35. The van der Waals surface area contributed by atoms with Crippen molar-refractivity contribution in [2.24, 2.45) is 0 Å². The van der Waals surface area contributed by atoms with Crippen molar-refractivity contribution in [1.82, 2.24) is 0 Å². The highest BCUT2D eigenvalue weighted by molar-refractivity contribution is 5.69. The number of esters is 1. The van der Waals surface area contributed by atoms with Crippen LogP contribution in [-0.4, -0.2) is 23.7 Å². The van der Waals surface area contributed by atoms with Gasteiger partial charge < -0.3 is 9.84 Å². The van der Waals surface area contributed by atoms with Crippen molar-refractivity contribution in [2.75, 3.05) is 6.61 Å². The number of hydrogen-bond donors (Lipinski definition) is 1. The molecule has 0 saturated heterocycles. The van der Waals surface area contributed by atoms with E-state index in [1.165, 1.54) is 161 Å². The van der Waals surface area contributed by atoms with Crippen molar-refractivity contribution >= 4 is 11.9 Å². The number of aliphatic carboxylic acids is 1. The van der Waals surface area contributed by atoms with E-state index in [2.05, 4.69) is 19.1 Å². The van der Waals surface area contributed by atoms with Crippen molar-refractivity contribution in [3.05, 3.63) is 12.2 Å². The molecule has 0 aliphatic rings. The Balaban J connectivity index is 3.17. The second kappa shape index (κ2) is 35.9. The van der Waals surface area contributed by atoms with Crippen LogP contribution in [0.15, 0.2) is 12.2 Å². The molecule has 4 heteroatoms. The normalized spacial score (nSPS) is 11.5. The van der Waals surface area contributed by atoms with E-state index in [-0.39, 0.29) is 5.97 Å². The summed E-state index contributed by atoms with van der Waals surface area (Å²) >= 11 is 0. The molecule has 248 valence electrons. The van der Waals surface area contributed by atoms with Crippen LogP contribution < -0.4 is 0 Å². The molecule has 0 aliphatic heterocycles. The zero-order valence-electron chi connectivity index (χ0n) is 28.2. The molecule has 0 aromatic heterocycles. The first kappa shape index (κ1) is 40.7. The Bertz CT molecular complexity index is 586. The molecule has 0 rings (SSSR count). The van der Waals surface area contributed by atoms with Crippen LogP contribution in [0.2, 0.25) is 0 Å². The predicted molar refractivity (Wildman–Crippen MR) is 181 cm³/mol. The molecule has 0 saturated carbocycles. The van der Waals surface area contributed by atoms with Gasteiger partial charge in [0.1, 0.15) is 0 Å². The van der Waals surface area contributed by atoms with Gasteiger partial charge in [-0.15, -0.1) is 0 Å². The summed E-state index contributed by atoms with van der Waals surface area (Å²) < 4.78 is 5.43. The van der Waals surface area contributed by atoms with E-state index >= 15 is 0 Å². The third kappa shape index (κ3) is 36.7. The largest absolute Gasteiger partial charge is 0.481 e. The smallest absolute Gasteiger partial charge is 0.305 e.